The summed E-state index contributed by atoms with van der Waals surface area (Å²) in [7, 11) is 0. The molecule has 2 nitrogen and oxygen atoms in total. The van der Waals surface area contributed by atoms with Crippen LogP contribution in [0.5, 0.6) is 5.75 Å². The lowest BCUT2D eigenvalue weighted by molar-refractivity contribution is 0.235. The van der Waals surface area contributed by atoms with Crippen molar-refractivity contribution in [2.24, 2.45) is 0 Å². The molecule has 0 amide bonds. The number of ether oxygens (including phenoxy) is 2. The van der Waals surface area contributed by atoms with Gasteiger partial charge in [-0.15, -0.1) is 0 Å². The SMILES string of the molecule is C=COCCCCCOc1ccccc1. The van der Waals surface area contributed by atoms with Gasteiger partial charge in [-0.25, -0.2) is 0 Å². The van der Waals surface area contributed by atoms with Crippen molar-refractivity contribution < 1.29 is 9.47 Å². The van der Waals surface area contributed by atoms with E-state index in [9.17, 15) is 0 Å². The molecule has 0 saturated heterocycles. The molecule has 0 saturated carbocycles. The Labute approximate surface area is 91.5 Å². The third-order valence-electron chi connectivity index (χ3n) is 2.04. The molecule has 0 heterocycles. The predicted octanol–water partition coefficient (Wildman–Crippen LogP) is 3.40. The van der Waals surface area contributed by atoms with Crippen LogP contribution < -0.4 is 4.74 Å². The molecule has 15 heavy (non-hydrogen) atoms. The van der Waals surface area contributed by atoms with Crippen LogP contribution >= 0.6 is 0 Å². The lowest BCUT2D eigenvalue weighted by Gasteiger charge is -2.05. The van der Waals surface area contributed by atoms with Gasteiger partial charge in [0.1, 0.15) is 5.75 Å². The molecule has 0 atom stereocenters. The quantitative estimate of drug-likeness (QED) is 0.479. The molecule has 0 radical (unpaired) electrons. The van der Waals surface area contributed by atoms with Gasteiger partial charge in [0.2, 0.25) is 0 Å². The van der Waals surface area contributed by atoms with Crippen molar-refractivity contribution in [1.82, 2.24) is 0 Å². The first-order valence-corrected chi connectivity index (χ1v) is 5.34. The smallest absolute Gasteiger partial charge is 0.119 e. The molecule has 0 spiro atoms. The molecule has 82 valence electrons. The highest BCUT2D eigenvalue weighted by molar-refractivity contribution is 5.20. The second kappa shape index (κ2) is 7.92. The van der Waals surface area contributed by atoms with Gasteiger partial charge in [0.25, 0.3) is 0 Å². The van der Waals surface area contributed by atoms with Gasteiger partial charge in [-0.3, -0.25) is 0 Å². The summed E-state index contributed by atoms with van der Waals surface area (Å²) < 4.78 is 10.6. The van der Waals surface area contributed by atoms with E-state index in [2.05, 4.69) is 6.58 Å². The molecule has 0 unspecified atom stereocenters. The molecule has 1 aromatic rings. The maximum absolute atomic E-state index is 5.55. The minimum atomic E-state index is 0.759. The van der Waals surface area contributed by atoms with Gasteiger partial charge < -0.3 is 9.47 Å². The number of rotatable bonds is 8. The highest BCUT2D eigenvalue weighted by Crippen LogP contribution is 2.09. The molecule has 1 aromatic carbocycles. The van der Waals surface area contributed by atoms with Gasteiger partial charge >= 0.3 is 0 Å². The van der Waals surface area contributed by atoms with Crippen molar-refractivity contribution in [3.63, 3.8) is 0 Å². The third kappa shape index (κ3) is 5.78. The first-order chi connectivity index (χ1) is 7.43. The van der Waals surface area contributed by atoms with Gasteiger partial charge in [0.05, 0.1) is 19.5 Å². The molecular formula is C13H18O2. The van der Waals surface area contributed by atoms with Gasteiger partial charge in [-0.2, -0.15) is 0 Å². The molecule has 0 aliphatic heterocycles. The molecule has 0 aliphatic rings. The largest absolute Gasteiger partial charge is 0.502 e. The normalized spacial score (nSPS) is 9.60. The van der Waals surface area contributed by atoms with E-state index in [1.54, 1.807) is 0 Å². The van der Waals surface area contributed by atoms with Gasteiger partial charge in [-0.05, 0) is 31.4 Å². The van der Waals surface area contributed by atoms with Crippen LogP contribution in [0.4, 0.5) is 0 Å². The summed E-state index contributed by atoms with van der Waals surface area (Å²) in [6.07, 6.45) is 4.74. The fraction of sp³-hybridized carbons (Fsp3) is 0.385. The van der Waals surface area contributed by atoms with Crippen LogP contribution in [0.25, 0.3) is 0 Å². The highest BCUT2D eigenvalue weighted by Gasteiger charge is 1.92. The summed E-state index contributed by atoms with van der Waals surface area (Å²) in [6, 6.07) is 9.89. The van der Waals surface area contributed by atoms with Crippen LogP contribution in [0.1, 0.15) is 19.3 Å². The van der Waals surface area contributed by atoms with E-state index < -0.39 is 0 Å². The van der Waals surface area contributed by atoms with E-state index in [1.807, 2.05) is 30.3 Å². The molecule has 0 bridgehead atoms. The van der Waals surface area contributed by atoms with Crippen molar-refractivity contribution in [2.45, 2.75) is 19.3 Å². The number of hydrogen-bond acceptors (Lipinski definition) is 2. The van der Waals surface area contributed by atoms with E-state index in [0.717, 1.165) is 38.2 Å². The summed E-state index contributed by atoms with van der Waals surface area (Å²) in [6.45, 7) is 5.02. The van der Waals surface area contributed by atoms with Crippen molar-refractivity contribution >= 4 is 0 Å². The maximum atomic E-state index is 5.55. The Kier molecular flexibility index (Phi) is 6.14. The summed E-state index contributed by atoms with van der Waals surface area (Å²) in [5.41, 5.74) is 0. The predicted molar refractivity (Wildman–Crippen MR) is 61.9 cm³/mol. The van der Waals surface area contributed by atoms with Crippen molar-refractivity contribution in [3.05, 3.63) is 43.2 Å². The molecule has 0 aromatic heterocycles. The van der Waals surface area contributed by atoms with E-state index in [1.165, 1.54) is 6.26 Å². The molecule has 2 heteroatoms. The average molecular weight is 206 g/mol. The van der Waals surface area contributed by atoms with E-state index in [-0.39, 0.29) is 0 Å². The van der Waals surface area contributed by atoms with Crippen LogP contribution in [0.15, 0.2) is 43.2 Å². The highest BCUT2D eigenvalue weighted by atomic mass is 16.5. The summed E-state index contributed by atoms with van der Waals surface area (Å²) in [4.78, 5) is 0. The molecule has 0 aliphatic carbocycles. The van der Waals surface area contributed by atoms with Crippen molar-refractivity contribution in [2.75, 3.05) is 13.2 Å². The Morgan fingerprint density at radius 2 is 1.73 bits per heavy atom. The Morgan fingerprint density at radius 1 is 1.00 bits per heavy atom. The van der Waals surface area contributed by atoms with Gasteiger partial charge in [0, 0.05) is 0 Å². The average Bonchev–Trinajstić information content (AvgIpc) is 2.29. The van der Waals surface area contributed by atoms with Crippen molar-refractivity contribution in [3.8, 4) is 5.75 Å². The van der Waals surface area contributed by atoms with Crippen molar-refractivity contribution in [1.29, 1.82) is 0 Å². The zero-order chi connectivity index (χ0) is 10.8. The summed E-state index contributed by atoms with van der Waals surface area (Å²) in [5.74, 6) is 0.944. The van der Waals surface area contributed by atoms with Gasteiger partial charge in [0.15, 0.2) is 0 Å². The van der Waals surface area contributed by atoms with Crippen LogP contribution in [0, 0.1) is 0 Å². The second-order valence-corrected chi connectivity index (χ2v) is 3.26. The van der Waals surface area contributed by atoms with E-state index in [0.29, 0.717) is 0 Å². The molecule has 0 fully saturated rings. The lowest BCUT2D eigenvalue weighted by Crippen LogP contribution is -1.98. The summed E-state index contributed by atoms with van der Waals surface area (Å²) >= 11 is 0. The maximum Gasteiger partial charge on any atom is 0.119 e. The number of unbranched alkanes of at least 4 members (excludes halogenated alkanes) is 2. The van der Waals surface area contributed by atoms with E-state index in [4.69, 9.17) is 9.47 Å². The van der Waals surface area contributed by atoms with Crippen LogP contribution in [-0.2, 0) is 4.74 Å². The standard InChI is InChI=1S/C13H18O2/c1-2-14-11-7-4-8-12-15-13-9-5-3-6-10-13/h2-3,5-6,9-10H,1,4,7-8,11-12H2. The van der Waals surface area contributed by atoms with Crippen LogP contribution in [0.2, 0.25) is 0 Å². The van der Waals surface area contributed by atoms with Crippen LogP contribution in [-0.4, -0.2) is 13.2 Å². The van der Waals surface area contributed by atoms with E-state index >= 15 is 0 Å². The first kappa shape index (κ1) is 11.6. The molecule has 1 rings (SSSR count). The fourth-order valence-electron chi connectivity index (χ4n) is 1.25. The minimum Gasteiger partial charge on any atom is -0.502 e. The van der Waals surface area contributed by atoms with Crippen LogP contribution in [0.3, 0.4) is 0 Å². The van der Waals surface area contributed by atoms with Gasteiger partial charge in [-0.1, -0.05) is 24.8 Å². The Hall–Kier alpha value is -1.44. The molecule has 0 N–H and O–H groups in total. The summed E-state index contributed by atoms with van der Waals surface area (Å²) in [5, 5.41) is 0. The minimum absolute atomic E-state index is 0.759. The molecular weight excluding hydrogens is 188 g/mol. The number of para-hydroxylation sites is 1. The first-order valence-electron chi connectivity index (χ1n) is 5.34. The Morgan fingerprint density at radius 3 is 2.47 bits per heavy atom. The number of hydrogen-bond donors (Lipinski definition) is 0. The topological polar surface area (TPSA) is 18.5 Å². The zero-order valence-electron chi connectivity index (χ0n) is 9.02. The third-order valence-corrected chi connectivity index (χ3v) is 2.04. The second-order valence-electron chi connectivity index (χ2n) is 3.26. The lowest BCUT2D eigenvalue weighted by atomic mass is 10.2. The fourth-order valence-corrected chi connectivity index (χ4v) is 1.25. The Bertz CT molecular complexity index is 256. The number of benzene rings is 1. The monoisotopic (exact) mass is 206 g/mol. The zero-order valence-corrected chi connectivity index (χ0v) is 9.02. The Balaban J connectivity index is 1.95.